The van der Waals surface area contributed by atoms with E-state index < -0.39 is 23.3 Å². The first-order valence-corrected chi connectivity index (χ1v) is 15.4. The van der Waals surface area contributed by atoms with Crippen molar-refractivity contribution < 1.29 is 36.3 Å². The van der Waals surface area contributed by atoms with E-state index in [1.54, 1.807) is 38.2 Å². The van der Waals surface area contributed by atoms with Gasteiger partial charge in [0, 0.05) is 30.1 Å². The Morgan fingerprint density at radius 2 is 1.74 bits per heavy atom. The second-order valence-corrected chi connectivity index (χ2v) is 12.3. The number of nitrogens with one attached hydrogen (secondary N) is 1. The molecule has 1 N–H and O–H groups in total. The van der Waals surface area contributed by atoms with Gasteiger partial charge in [-0.05, 0) is 52.0 Å². The second kappa shape index (κ2) is 12.5. The molecule has 0 radical (unpaired) electrons. The predicted molar refractivity (Wildman–Crippen MR) is 141 cm³/mol. The number of carbonyl (C=O) groups excluding carboxylic acids is 1. The number of carbonyl (C=O) groups is 1. The zero-order valence-electron chi connectivity index (χ0n) is 21.8. The molecule has 0 fully saturated rings. The first kappa shape index (κ1) is 29.3. The molecule has 2 heterocycles. The fraction of sp³-hybridized carbons (Fsp3) is 0.375. The van der Waals surface area contributed by atoms with E-state index in [0.29, 0.717) is 5.75 Å². The lowest BCUT2D eigenvalue weighted by Crippen LogP contribution is -2.14. The Morgan fingerprint density at radius 1 is 1.05 bits per heavy atom. The summed E-state index contributed by atoms with van der Waals surface area (Å²) in [5.74, 6) is 0.688. The van der Waals surface area contributed by atoms with E-state index in [1.807, 2.05) is 13.8 Å². The van der Waals surface area contributed by atoms with Crippen LogP contribution in [0, 0.1) is 0 Å². The van der Waals surface area contributed by atoms with Crippen LogP contribution in [0.3, 0.4) is 0 Å². The molecule has 0 atom stereocenters. The van der Waals surface area contributed by atoms with Gasteiger partial charge in [0.05, 0.1) is 25.5 Å². The van der Waals surface area contributed by atoms with E-state index in [1.165, 1.54) is 29.1 Å². The molecule has 12 nitrogen and oxygen atoms in total. The van der Waals surface area contributed by atoms with Crippen molar-refractivity contribution in [3.05, 3.63) is 54.4 Å². The third-order valence-electron chi connectivity index (χ3n) is 4.69. The van der Waals surface area contributed by atoms with E-state index in [2.05, 4.69) is 15.4 Å². The van der Waals surface area contributed by atoms with Gasteiger partial charge in [-0.2, -0.15) is 5.10 Å². The van der Waals surface area contributed by atoms with Gasteiger partial charge in [0.25, 0.3) is 5.91 Å². The van der Waals surface area contributed by atoms with Crippen molar-refractivity contribution in [3.63, 3.8) is 0 Å². The summed E-state index contributed by atoms with van der Waals surface area (Å²) < 4.78 is 59.6. The van der Waals surface area contributed by atoms with Crippen LogP contribution >= 0.6 is 7.60 Å². The molecule has 0 spiro atoms. The topological polar surface area (TPSA) is 148 Å². The molecule has 0 saturated heterocycles. The van der Waals surface area contributed by atoms with Crippen LogP contribution in [0.4, 0.5) is 5.82 Å². The van der Waals surface area contributed by atoms with Crippen LogP contribution in [0.5, 0.6) is 17.2 Å². The van der Waals surface area contributed by atoms with Crippen LogP contribution < -0.4 is 14.8 Å². The molecule has 0 aliphatic rings. The standard InChI is InChI=1S/C24H31N4O8PS/c1-6-33-37(30,34-7-2)16-28-11-10-22(27-28)26-24(29)18-12-20(35-17(3)4)14-21(13-18)36-19-8-9-23(25-15-19)38(5,31)32/h8-15,17H,6-7,16H2,1-5H3,(H,26,27,29). The van der Waals surface area contributed by atoms with Gasteiger partial charge in [-0.15, -0.1) is 0 Å². The Bertz CT molecular complexity index is 1400. The van der Waals surface area contributed by atoms with Gasteiger partial charge in [0.1, 0.15) is 23.5 Å². The molecule has 1 aromatic carbocycles. The predicted octanol–water partition coefficient (Wildman–Crippen LogP) is 4.74. The number of anilines is 1. The third-order valence-corrected chi connectivity index (χ3v) is 7.63. The number of aromatic nitrogens is 3. The highest BCUT2D eigenvalue weighted by Gasteiger charge is 2.25. The van der Waals surface area contributed by atoms with Crippen molar-refractivity contribution in [1.29, 1.82) is 0 Å². The molecular weight excluding hydrogens is 535 g/mol. The van der Waals surface area contributed by atoms with Crippen LogP contribution in [0.25, 0.3) is 0 Å². The second-order valence-electron chi connectivity index (χ2n) is 8.35. The molecule has 2 aromatic heterocycles. The molecule has 3 aromatic rings. The Kier molecular flexibility index (Phi) is 9.66. The summed E-state index contributed by atoms with van der Waals surface area (Å²) in [6.07, 6.45) is 3.63. The van der Waals surface area contributed by atoms with Crippen LogP contribution in [-0.4, -0.2) is 54.7 Å². The average Bonchev–Trinajstić information content (AvgIpc) is 3.24. The smallest absolute Gasteiger partial charge is 0.351 e. The largest absolute Gasteiger partial charge is 0.491 e. The summed E-state index contributed by atoms with van der Waals surface area (Å²) in [5, 5.41) is 6.86. The Hall–Kier alpha value is -3.25. The van der Waals surface area contributed by atoms with Crippen molar-refractivity contribution in [2.24, 2.45) is 0 Å². The van der Waals surface area contributed by atoms with E-state index in [-0.39, 0.29) is 53.5 Å². The number of hydrogen-bond acceptors (Lipinski definition) is 10. The van der Waals surface area contributed by atoms with E-state index in [9.17, 15) is 17.8 Å². The van der Waals surface area contributed by atoms with Crippen LogP contribution in [0.15, 0.2) is 53.8 Å². The van der Waals surface area contributed by atoms with Crippen molar-refractivity contribution in [2.45, 2.75) is 45.1 Å². The molecule has 206 valence electrons. The van der Waals surface area contributed by atoms with Crippen molar-refractivity contribution in [2.75, 3.05) is 24.8 Å². The summed E-state index contributed by atoms with van der Waals surface area (Å²) in [7, 11) is -6.83. The minimum atomic E-state index is -3.45. The molecule has 38 heavy (non-hydrogen) atoms. The number of hydrogen-bond donors (Lipinski definition) is 1. The molecule has 0 aliphatic heterocycles. The quantitative estimate of drug-likeness (QED) is 0.288. The maximum absolute atomic E-state index is 13.1. The van der Waals surface area contributed by atoms with Gasteiger partial charge in [0.15, 0.2) is 20.7 Å². The normalized spacial score (nSPS) is 11.9. The van der Waals surface area contributed by atoms with Crippen LogP contribution in [0.1, 0.15) is 38.1 Å². The SMILES string of the molecule is CCOP(=O)(Cn1ccc(NC(=O)c2cc(Oc3ccc(S(C)(=O)=O)nc3)cc(OC(C)C)c2)n1)OCC. The lowest BCUT2D eigenvalue weighted by Gasteiger charge is -2.16. The van der Waals surface area contributed by atoms with Crippen molar-refractivity contribution in [1.82, 2.24) is 14.8 Å². The lowest BCUT2D eigenvalue weighted by atomic mass is 10.2. The number of pyridine rings is 1. The summed E-state index contributed by atoms with van der Waals surface area (Å²) in [6.45, 7) is 7.57. The Balaban J connectivity index is 1.80. The molecule has 3 rings (SSSR count). The summed E-state index contributed by atoms with van der Waals surface area (Å²) in [5.41, 5.74) is 0.225. The van der Waals surface area contributed by atoms with Gasteiger partial charge >= 0.3 is 7.60 Å². The number of rotatable bonds is 13. The fourth-order valence-corrected chi connectivity index (χ4v) is 5.37. The van der Waals surface area contributed by atoms with E-state index in [0.717, 1.165) is 6.26 Å². The minimum absolute atomic E-state index is 0.0832. The monoisotopic (exact) mass is 566 g/mol. The molecule has 0 bridgehead atoms. The Labute approximate surface area is 221 Å². The van der Waals surface area contributed by atoms with E-state index >= 15 is 0 Å². The zero-order chi connectivity index (χ0) is 27.9. The van der Waals surface area contributed by atoms with Gasteiger partial charge in [0.2, 0.25) is 0 Å². The van der Waals surface area contributed by atoms with Gasteiger partial charge in [-0.25, -0.2) is 13.4 Å². The van der Waals surface area contributed by atoms with Gasteiger partial charge in [-0.3, -0.25) is 14.0 Å². The number of benzene rings is 1. The molecule has 0 aliphatic carbocycles. The molecule has 0 unspecified atom stereocenters. The summed E-state index contributed by atoms with van der Waals surface area (Å²) in [6, 6.07) is 9.02. The van der Waals surface area contributed by atoms with Crippen LogP contribution in [-0.2, 0) is 29.7 Å². The number of amides is 1. The zero-order valence-corrected chi connectivity index (χ0v) is 23.5. The minimum Gasteiger partial charge on any atom is -0.491 e. The van der Waals surface area contributed by atoms with Crippen LogP contribution in [0.2, 0.25) is 0 Å². The summed E-state index contributed by atoms with van der Waals surface area (Å²) >= 11 is 0. The van der Waals surface area contributed by atoms with Crippen molar-refractivity contribution in [3.8, 4) is 17.2 Å². The van der Waals surface area contributed by atoms with Gasteiger partial charge < -0.3 is 23.8 Å². The van der Waals surface area contributed by atoms with Gasteiger partial charge in [-0.1, -0.05) is 0 Å². The molecular formula is C24H31N4O8PS. The molecule has 0 saturated carbocycles. The molecule has 1 amide bonds. The number of sulfone groups is 1. The lowest BCUT2D eigenvalue weighted by molar-refractivity contribution is 0.102. The third kappa shape index (κ3) is 8.38. The number of nitrogens with zero attached hydrogens (tertiary/aromatic N) is 3. The number of ether oxygens (including phenoxy) is 2. The highest BCUT2D eigenvalue weighted by molar-refractivity contribution is 7.90. The first-order valence-electron chi connectivity index (χ1n) is 11.8. The van der Waals surface area contributed by atoms with E-state index in [4.69, 9.17) is 18.5 Å². The first-order chi connectivity index (χ1) is 17.9. The summed E-state index contributed by atoms with van der Waals surface area (Å²) in [4.78, 5) is 17.0. The highest BCUT2D eigenvalue weighted by atomic mass is 32.2. The maximum Gasteiger partial charge on any atom is 0.351 e. The maximum atomic E-state index is 13.1. The fourth-order valence-electron chi connectivity index (χ4n) is 3.27. The molecule has 14 heteroatoms. The van der Waals surface area contributed by atoms with Crippen molar-refractivity contribution >= 4 is 29.2 Å². The Morgan fingerprint density at radius 3 is 2.32 bits per heavy atom. The highest BCUT2D eigenvalue weighted by Crippen LogP contribution is 2.49. The average molecular weight is 567 g/mol.